The highest BCUT2D eigenvalue weighted by Gasteiger charge is 2.47. The van der Waals surface area contributed by atoms with Crippen molar-refractivity contribution in [2.75, 3.05) is 18.0 Å². The second kappa shape index (κ2) is 14.4. The molecule has 6 heteroatoms. The highest BCUT2D eigenvalue weighted by atomic mass is 16.4. The lowest BCUT2D eigenvalue weighted by Crippen LogP contribution is -2.79. The van der Waals surface area contributed by atoms with Gasteiger partial charge in [0.25, 0.3) is 0 Å². The number of nitrogens with two attached hydrogens (primary N) is 1. The van der Waals surface area contributed by atoms with Crippen LogP contribution in [-0.4, -0.2) is 41.3 Å². The third-order valence-electron chi connectivity index (χ3n) is 10.1. The average molecular weight is 632 g/mol. The Labute approximate surface area is 278 Å². The predicted octanol–water partition coefficient (Wildman–Crippen LogP) is 8.03. The van der Waals surface area contributed by atoms with Crippen molar-refractivity contribution in [2.24, 2.45) is 0 Å². The van der Waals surface area contributed by atoms with Crippen LogP contribution in [0.5, 0.6) is 0 Å². The Morgan fingerprint density at radius 2 is 1.53 bits per heavy atom. The van der Waals surface area contributed by atoms with E-state index in [9.17, 15) is 19.8 Å². The molecule has 4 aromatic rings. The van der Waals surface area contributed by atoms with Crippen LogP contribution in [0.3, 0.4) is 0 Å². The molecular formula is C41H47N2O4+. The van der Waals surface area contributed by atoms with Crippen molar-refractivity contribution in [3.05, 3.63) is 121 Å². The summed E-state index contributed by atoms with van der Waals surface area (Å²) in [6, 6.07) is 25.4. The third kappa shape index (κ3) is 6.89. The topological polar surface area (TPSA) is 94.5 Å². The summed E-state index contributed by atoms with van der Waals surface area (Å²) in [5.41, 5.74) is 4.16. The summed E-state index contributed by atoms with van der Waals surface area (Å²) >= 11 is 0. The highest BCUT2D eigenvalue weighted by Crippen LogP contribution is 2.51. The predicted molar refractivity (Wildman–Crippen MR) is 193 cm³/mol. The zero-order valence-corrected chi connectivity index (χ0v) is 27.6. The Morgan fingerprint density at radius 3 is 2.21 bits per heavy atom. The van der Waals surface area contributed by atoms with Crippen molar-refractivity contribution in [3.8, 4) is 0 Å². The fourth-order valence-electron chi connectivity index (χ4n) is 7.69. The van der Waals surface area contributed by atoms with Crippen molar-refractivity contribution < 1.29 is 25.1 Å². The third-order valence-corrected chi connectivity index (χ3v) is 10.1. The van der Waals surface area contributed by atoms with Crippen LogP contribution in [0.2, 0.25) is 0 Å². The van der Waals surface area contributed by atoms with Gasteiger partial charge >= 0.3 is 11.9 Å². The Morgan fingerprint density at radius 1 is 0.872 bits per heavy atom. The molecule has 0 saturated heterocycles. The fraction of sp³-hybridized carbons (Fsp3) is 0.317. The molecule has 244 valence electrons. The van der Waals surface area contributed by atoms with E-state index in [1.54, 1.807) is 0 Å². The van der Waals surface area contributed by atoms with Gasteiger partial charge in [-0.1, -0.05) is 105 Å². The van der Waals surface area contributed by atoms with E-state index in [-0.39, 0.29) is 29.7 Å². The summed E-state index contributed by atoms with van der Waals surface area (Å²) in [6.07, 6.45) is 11.7. The molecule has 3 atom stereocenters. The molecule has 6 nitrogen and oxygen atoms in total. The molecule has 0 radical (unpaired) electrons. The molecule has 0 fully saturated rings. The molecule has 4 N–H and O–H groups in total. The van der Waals surface area contributed by atoms with Crippen molar-refractivity contribution in [1.82, 2.24) is 0 Å². The molecule has 5 rings (SSSR count). The minimum atomic E-state index is -0.803. The molecule has 4 aromatic carbocycles. The first kappa shape index (κ1) is 33.7. The zero-order valence-electron chi connectivity index (χ0n) is 27.6. The number of fused-ring (bicyclic) bond motifs is 4. The number of carboxylic acids is 2. The summed E-state index contributed by atoms with van der Waals surface area (Å²) in [7, 11) is 0. The SMILES string of the molecule is C=CCC(C)(CC=CCC1N(CCC(=O)O)c2c(ccc3ccccc23)C1(C)CC=C)c1ccc2ccccc2c1[NH2+]CCC(=O)O. The van der Waals surface area contributed by atoms with Crippen LogP contribution in [0.15, 0.2) is 110 Å². The number of hydrogen-bond donors (Lipinski definition) is 3. The Balaban J connectivity index is 1.48. The molecule has 47 heavy (non-hydrogen) atoms. The molecule has 0 spiro atoms. The van der Waals surface area contributed by atoms with Crippen molar-refractivity contribution in [1.29, 1.82) is 0 Å². The zero-order chi connectivity index (χ0) is 33.6. The van der Waals surface area contributed by atoms with Gasteiger partial charge < -0.3 is 20.4 Å². The van der Waals surface area contributed by atoms with Gasteiger partial charge in [-0.3, -0.25) is 9.59 Å². The number of hydrogen-bond acceptors (Lipinski definition) is 3. The molecule has 0 saturated carbocycles. The lowest BCUT2D eigenvalue weighted by Gasteiger charge is -2.36. The molecular weight excluding hydrogens is 584 g/mol. The van der Waals surface area contributed by atoms with Gasteiger partial charge in [-0.2, -0.15) is 0 Å². The number of allylic oxidation sites excluding steroid dienone is 3. The largest absolute Gasteiger partial charge is 0.481 e. The van der Waals surface area contributed by atoms with Crippen LogP contribution in [0, 0.1) is 0 Å². The maximum absolute atomic E-state index is 11.8. The number of carboxylic acid groups (broad SMARTS) is 2. The molecule has 3 unspecified atom stereocenters. The minimum absolute atomic E-state index is 0.0585. The number of anilines is 1. The Hall–Kier alpha value is -4.68. The lowest BCUT2D eigenvalue weighted by atomic mass is 9.73. The first-order valence-corrected chi connectivity index (χ1v) is 16.6. The summed E-state index contributed by atoms with van der Waals surface area (Å²) in [6.45, 7) is 13.6. The van der Waals surface area contributed by atoms with E-state index in [4.69, 9.17) is 0 Å². The van der Waals surface area contributed by atoms with Gasteiger partial charge in [-0.15, -0.1) is 13.2 Å². The molecule has 0 aromatic heterocycles. The first-order valence-electron chi connectivity index (χ1n) is 16.6. The van der Waals surface area contributed by atoms with Gasteiger partial charge in [0.05, 0.1) is 19.4 Å². The molecule has 1 heterocycles. The normalized spacial score (nSPS) is 18.8. The quantitative estimate of drug-likeness (QED) is 0.0860. The van der Waals surface area contributed by atoms with Crippen molar-refractivity contribution in [3.63, 3.8) is 0 Å². The monoisotopic (exact) mass is 631 g/mol. The maximum atomic E-state index is 11.8. The van der Waals surface area contributed by atoms with E-state index in [1.807, 2.05) is 30.4 Å². The number of benzene rings is 4. The van der Waals surface area contributed by atoms with Gasteiger partial charge in [0, 0.05) is 45.4 Å². The summed E-state index contributed by atoms with van der Waals surface area (Å²) in [5.74, 6) is -1.60. The van der Waals surface area contributed by atoms with Crippen LogP contribution >= 0.6 is 0 Å². The number of aliphatic carboxylic acids is 2. The molecule has 0 bridgehead atoms. The lowest BCUT2D eigenvalue weighted by molar-refractivity contribution is -0.569. The van der Waals surface area contributed by atoms with Crippen molar-refractivity contribution >= 4 is 44.9 Å². The average Bonchev–Trinajstić information content (AvgIpc) is 3.29. The highest BCUT2D eigenvalue weighted by molar-refractivity contribution is 5.98. The van der Waals surface area contributed by atoms with Crippen LogP contribution in [0.4, 0.5) is 11.4 Å². The summed E-state index contributed by atoms with van der Waals surface area (Å²) in [5, 5.41) is 25.7. The molecule has 0 amide bonds. The van der Waals surface area contributed by atoms with Crippen LogP contribution in [0.1, 0.15) is 63.5 Å². The second-order valence-electron chi connectivity index (χ2n) is 13.3. The van der Waals surface area contributed by atoms with E-state index in [0.29, 0.717) is 13.1 Å². The molecule has 1 aliphatic rings. The minimum Gasteiger partial charge on any atom is -0.481 e. The van der Waals surface area contributed by atoms with Crippen LogP contribution < -0.4 is 10.2 Å². The van der Waals surface area contributed by atoms with Crippen molar-refractivity contribution in [2.45, 2.75) is 69.2 Å². The number of carbonyl (C=O) groups is 2. The van der Waals surface area contributed by atoms with Gasteiger partial charge in [0.2, 0.25) is 0 Å². The number of nitrogens with zero attached hydrogens (tertiary/aromatic N) is 1. The summed E-state index contributed by atoms with van der Waals surface area (Å²) < 4.78 is 0. The van der Waals surface area contributed by atoms with E-state index < -0.39 is 11.9 Å². The van der Waals surface area contributed by atoms with Gasteiger partial charge in [-0.25, -0.2) is 0 Å². The standard InChI is InChI=1S/C41H46N2O4/c1-5-24-40(3,33-20-18-29-13-7-9-15-31(29)38(33)42-27-22-36(44)45)26-12-11-17-35-41(4,25-6-2)34-21-19-30-14-8-10-16-32(30)39(34)43(35)28-23-37(46)47/h5-16,18-21,35,42H,1-2,17,22-28H2,3-4H3,(H,44,45)(H,46,47)/p+1. The fourth-order valence-corrected chi connectivity index (χ4v) is 7.69. The number of rotatable bonds is 16. The molecule has 1 aliphatic heterocycles. The number of quaternary nitrogens is 1. The maximum Gasteiger partial charge on any atom is 0.309 e. The van der Waals surface area contributed by atoms with Gasteiger partial charge in [0.15, 0.2) is 0 Å². The Bertz CT molecular complexity index is 1830. The van der Waals surface area contributed by atoms with Crippen LogP contribution in [-0.2, 0) is 20.4 Å². The van der Waals surface area contributed by atoms with E-state index in [2.05, 4.69) is 104 Å². The summed E-state index contributed by atoms with van der Waals surface area (Å²) in [4.78, 5) is 25.5. The van der Waals surface area contributed by atoms with Gasteiger partial charge in [-0.05, 0) is 48.1 Å². The van der Waals surface area contributed by atoms with Crippen LogP contribution in [0.25, 0.3) is 21.5 Å². The van der Waals surface area contributed by atoms with E-state index >= 15 is 0 Å². The smallest absolute Gasteiger partial charge is 0.309 e. The first-order chi connectivity index (χ1) is 22.6. The Kier molecular flexibility index (Phi) is 10.3. The van der Waals surface area contributed by atoms with E-state index in [0.717, 1.165) is 58.6 Å². The van der Waals surface area contributed by atoms with E-state index in [1.165, 1.54) is 11.1 Å². The second-order valence-corrected chi connectivity index (χ2v) is 13.3. The van der Waals surface area contributed by atoms with Gasteiger partial charge in [0.1, 0.15) is 5.69 Å². The molecule has 0 aliphatic carbocycles.